The van der Waals surface area contributed by atoms with Gasteiger partial charge in [-0.25, -0.2) is 19.6 Å². The second-order valence-corrected chi connectivity index (χ2v) is 11.6. The highest BCUT2D eigenvalue weighted by Crippen LogP contribution is 2.31. The van der Waals surface area contributed by atoms with Crippen molar-refractivity contribution >= 4 is 34.3 Å². The van der Waals surface area contributed by atoms with Crippen molar-refractivity contribution in [3.63, 3.8) is 0 Å². The fraction of sp³-hybridized carbons (Fsp3) is 0.394. The second kappa shape index (κ2) is 11.7. The number of carbonyl (C=O) groups is 1. The summed E-state index contributed by atoms with van der Waals surface area (Å²) in [7, 11) is 0. The standard InChI is InChI=1S/C33H35N7O3/c1-34-27-7-2-5-23-6-4-13-39(21-26(23)27)31-9-3-8-30(36-31)38-16-14-37(15-17-38)22-32-35-28-11-10-24(33(41)42)19-29(28)40(32)20-25-12-18-43-25/h2-3,5,7-11,19,25H,4,6,12-18,20-22H2,(H,41,42)/t25-/m0/s1. The Morgan fingerprint density at radius 3 is 2.53 bits per heavy atom. The summed E-state index contributed by atoms with van der Waals surface area (Å²) in [5.41, 5.74) is 5.09. The van der Waals surface area contributed by atoms with Gasteiger partial charge in [-0.1, -0.05) is 29.8 Å². The summed E-state index contributed by atoms with van der Waals surface area (Å²) < 4.78 is 7.87. The Balaban J connectivity index is 1.05. The van der Waals surface area contributed by atoms with Crippen LogP contribution in [0.2, 0.25) is 0 Å². The maximum Gasteiger partial charge on any atom is 0.335 e. The van der Waals surface area contributed by atoms with Gasteiger partial charge in [-0.2, -0.15) is 0 Å². The number of rotatable bonds is 7. The summed E-state index contributed by atoms with van der Waals surface area (Å²) in [6.45, 7) is 14.9. The number of pyridine rings is 1. The minimum absolute atomic E-state index is 0.144. The van der Waals surface area contributed by atoms with Crippen LogP contribution in [-0.2, 0) is 30.8 Å². The molecule has 0 saturated carbocycles. The van der Waals surface area contributed by atoms with Crippen LogP contribution in [0.25, 0.3) is 15.9 Å². The lowest BCUT2D eigenvalue weighted by Gasteiger charge is -2.36. The fourth-order valence-electron chi connectivity index (χ4n) is 6.43. The molecule has 3 aliphatic rings. The molecule has 7 rings (SSSR count). The molecule has 0 amide bonds. The number of benzene rings is 2. The molecule has 1 N–H and O–H groups in total. The van der Waals surface area contributed by atoms with E-state index in [-0.39, 0.29) is 11.7 Å². The van der Waals surface area contributed by atoms with E-state index in [1.54, 1.807) is 12.1 Å². The lowest BCUT2D eigenvalue weighted by atomic mass is 10.0. The summed E-state index contributed by atoms with van der Waals surface area (Å²) in [6, 6.07) is 17.5. The van der Waals surface area contributed by atoms with E-state index in [0.29, 0.717) is 19.6 Å². The van der Waals surface area contributed by atoms with Gasteiger partial charge in [0.1, 0.15) is 17.5 Å². The lowest BCUT2D eigenvalue weighted by Crippen LogP contribution is -2.46. The number of nitrogens with zero attached hydrogens (tertiary/aromatic N) is 7. The molecule has 0 unspecified atom stereocenters. The molecule has 10 nitrogen and oxygen atoms in total. The number of aromatic nitrogens is 3. The van der Waals surface area contributed by atoms with Gasteiger partial charge >= 0.3 is 5.97 Å². The molecule has 10 heteroatoms. The van der Waals surface area contributed by atoms with Crippen molar-refractivity contribution < 1.29 is 14.6 Å². The molecule has 1 atom stereocenters. The third-order valence-corrected chi connectivity index (χ3v) is 8.95. The summed E-state index contributed by atoms with van der Waals surface area (Å²) in [5, 5.41) is 9.54. The predicted octanol–water partition coefficient (Wildman–Crippen LogP) is 4.74. The highest BCUT2D eigenvalue weighted by molar-refractivity contribution is 5.92. The molecule has 0 aliphatic carbocycles. The van der Waals surface area contributed by atoms with Gasteiger partial charge in [0.15, 0.2) is 5.69 Å². The van der Waals surface area contributed by atoms with Crippen LogP contribution in [-0.4, -0.2) is 75.9 Å². The van der Waals surface area contributed by atoms with E-state index >= 15 is 0 Å². The Bertz CT molecular complexity index is 1700. The molecule has 2 aromatic carbocycles. The fourth-order valence-corrected chi connectivity index (χ4v) is 6.43. The number of carboxylic acid groups (broad SMARTS) is 1. The Morgan fingerprint density at radius 1 is 1.00 bits per heavy atom. The molecule has 220 valence electrons. The molecular formula is C33H35N7O3. The zero-order valence-electron chi connectivity index (χ0n) is 24.2. The van der Waals surface area contributed by atoms with Crippen LogP contribution in [0.15, 0.2) is 54.6 Å². The molecule has 5 heterocycles. The minimum atomic E-state index is -0.932. The second-order valence-electron chi connectivity index (χ2n) is 11.6. The molecule has 0 bridgehead atoms. The van der Waals surface area contributed by atoms with Crippen molar-refractivity contribution in [2.24, 2.45) is 0 Å². The van der Waals surface area contributed by atoms with E-state index in [2.05, 4.69) is 48.4 Å². The molecule has 0 radical (unpaired) electrons. The van der Waals surface area contributed by atoms with E-state index in [1.807, 2.05) is 18.2 Å². The molecule has 43 heavy (non-hydrogen) atoms. The maximum atomic E-state index is 11.6. The van der Waals surface area contributed by atoms with E-state index in [0.717, 1.165) is 98.3 Å². The number of ether oxygens (including phenoxy) is 1. The largest absolute Gasteiger partial charge is 0.478 e. The summed E-state index contributed by atoms with van der Waals surface area (Å²) in [5.74, 6) is 1.95. The predicted molar refractivity (Wildman–Crippen MR) is 165 cm³/mol. The molecular weight excluding hydrogens is 542 g/mol. The Kier molecular flexibility index (Phi) is 7.43. The molecule has 2 aromatic heterocycles. The maximum absolute atomic E-state index is 11.6. The summed E-state index contributed by atoms with van der Waals surface area (Å²) >= 11 is 0. The molecule has 2 saturated heterocycles. The normalized spacial score (nSPS) is 19.0. The van der Waals surface area contributed by atoms with Crippen molar-refractivity contribution in [1.82, 2.24) is 19.4 Å². The van der Waals surface area contributed by atoms with Crippen LogP contribution in [0.5, 0.6) is 0 Å². The third-order valence-electron chi connectivity index (χ3n) is 8.95. The van der Waals surface area contributed by atoms with Crippen LogP contribution in [0.4, 0.5) is 17.3 Å². The first kappa shape index (κ1) is 27.4. The Labute approximate surface area is 250 Å². The molecule has 0 spiro atoms. The Morgan fingerprint density at radius 2 is 1.79 bits per heavy atom. The Hall–Kier alpha value is -4.46. The van der Waals surface area contributed by atoms with Crippen molar-refractivity contribution in [2.75, 3.05) is 49.1 Å². The van der Waals surface area contributed by atoms with Gasteiger partial charge in [-0.05, 0) is 55.2 Å². The van der Waals surface area contributed by atoms with Crippen LogP contribution in [0.3, 0.4) is 0 Å². The number of fused-ring (bicyclic) bond motifs is 2. The van der Waals surface area contributed by atoms with E-state index in [9.17, 15) is 9.90 Å². The van der Waals surface area contributed by atoms with Gasteiger partial charge in [0.25, 0.3) is 0 Å². The first-order valence-corrected chi connectivity index (χ1v) is 15.1. The average molecular weight is 578 g/mol. The van der Waals surface area contributed by atoms with Gasteiger partial charge in [0.2, 0.25) is 0 Å². The van der Waals surface area contributed by atoms with Crippen molar-refractivity contribution in [3.05, 3.63) is 88.5 Å². The highest BCUT2D eigenvalue weighted by Gasteiger charge is 2.26. The van der Waals surface area contributed by atoms with E-state index in [4.69, 9.17) is 21.3 Å². The van der Waals surface area contributed by atoms with Gasteiger partial charge < -0.3 is 24.2 Å². The van der Waals surface area contributed by atoms with Crippen molar-refractivity contribution in [2.45, 2.75) is 45.0 Å². The summed E-state index contributed by atoms with van der Waals surface area (Å²) in [4.78, 5) is 32.5. The number of aryl methyl sites for hydroxylation is 1. The van der Waals surface area contributed by atoms with Gasteiger partial charge in [-0.15, -0.1) is 0 Å². The molecule has 4 aromatic rings. The number of carboxylic acids is 1. The smallest absolute Gasteiger partial charge is 0.335 e. The minimum Gasteiger partial charge on any atom is -0.478 e. The van der Waals surface area contributed by atoms with E-state index in [1.165, 1.54) is 5.56 Å². The van der Waals surface area contributed by atoms with E-state index < -0.39 is 5.97 Å². The molecule has 3 aliphatic heterocycles. The average Bonchev–Trinajstić information content (AvgIpc) is 3.18. The van der Waals surface area contributed by atoms with Crippen molar-refractivity contribution in [3.8, 4) is 0 Å². The number of hydrogen-bond donors (Lipinski definition) is 1. The van der Waals surface area contributed by atoms with Crippen LogP contribution in [0, 0.1) is 6.57 Å². The number of anilines is 2. The van der Waals surface area contributed by atoms with Gasteiger partial charge in [0, 0.05) is 45.9 Å². The zero-order valence-corrected chi connectivity index (χ0v) is 24.2. The number of imidazole rings is 1. The monoisotopic (exact) mass is 577 g/mol. The van der Waals surface area contributed by atoms with Crippen LogP contribution >= 0.6 is 0 Å². The lowest BCUT2D eigenvalue weighted by molar-refractivity contribution is -0.0592. The van der Waals surface area contributed by atoms with Crippen LogP contribution in [0.1, 0.15) is 40.2 Å². The molecule has 2 fully saturated rings. The third kappa shape index (κ3) is 5.54. The van der Waals surface area contributed by atoms with Gasteiger partial charge in [-0.3, -0.25) is 4.90 Å². The van der Waals surface area contributed by atoms with Crippen molar-refractivity contribution in [1.29, 1.82) is 0 Å². The number of hydrogen-bond acceptors (Lipinski definition) is 7. The SMILES string of the molecule is [C-]#[N+]c1cccc2c1CN(c1cccc(N3CCN(Cc4nc5ccc(C(=O)O)cc5n4C[C@@H]4CCO4)CC3)n1)CCC2. The first-order valence-electron chi connectivity index (χ1n) is 15.1. The van der Waals surface area contributed by atoms with Crippen LogP contribution < -0.4 is 9.80 Å². The summed E-state index contributed by atoms with van der Waals surface area (Å²) in [6.07, 6.45) is 3.17. The first-order chi connectivity index (χ1) is 21.1. The highest BCUT2D eigenvalue weighted by atomic mass is 16.5. The zero-order chi connectivity index (χ0) is 29.3. The number of aromatic carboxylic acids is 1. The quantitative estimate of drug-likeness (QED) is 0.315. The number of piperazine rings is 1. The topological polar surface area (TPSA) is 91.3 Å². The van der Waals surface area contributed by atoms with Gasteiger partial charge in [0.05, 0.1) is 42.4 Å².